The highest BCUT2D eigenvalue weighted by atomic mass is 79.9. The van der Waals surface area contributed by atoms with Crippen LogP contribution in [-0.2, 0) is 11.2 Å². The minimum Gasteiger partial charge on any atom is -0.355 e. The second-order valence-electron chi connectivity index (χ2n) is 3.16. The Bertz CT molecular complexity index is 343. The van der Waals surface area contributed by atoms with Crippen LogP contribution in [0.1, 0.15) is 12.5 Å². The number of hydrogen-bond acceptors (Lipinski definition) is 1. The third-order valence-corrected chi connectivity index (χ3v) is 2.73. The Labute approximate surface area is 97.0 Å². The second kappa shape index (κ2) is 5.85. The molecule has 0 fully saturated rings. The first kappa shape index (κ1) is 12.2. The first-order valence-electron chi connectivity index (χ1n) is 4.80. The van der Waals surface area contributed by atoms with Gasteiger partial charge in [0.05, 0.1) is 4.83 Å². The zero-order chi connectivity index (χ0) is 11.3. The van der Waals surface area contributed by atoms with Gasteiger partial charge in [0, 0.05) is 6.54 Å². The quantitative estimate of drug-likeness (QED) is 0.838. The molecule has 1 unspecified atom stereocenters. The van der Waals surface area contributed by atoms with Crippen molar-refractivity contribution in [2.45, 2.75) is 18.2 Å². The van der Waals surface area contributed by atoms with Crippen molar-refractivity contribution in [2.24, 2.45) is 0 Å². The monoisotopic (exact) mass is 273 g/mol. The van der Waals surface area contributed by atoms with Crippen LogP contribution < -0.4 is 5.32 Å². The van der Waals surface area contributed by atoms with E-state index >= 15 is 0 Å². The third kappa shape index (κ3) is 3.63. The van der Waals surface area contributed by atoms with E-state index in [1.54, 1.807) is 18.2 Å². The van der Waals surface area contributed by atoms with E-state index in [9.17, 15) is 9.18 Å². The van der Waals surface area contributed by atoms with Gasteiger partial charge in [-0.1, -0.05) is 34.1 Å². The van der Waals surface area contributed by atoms with Gasteiger partial charge in [0.2, 0.25) is 5.91 Å². The molecule has 1 N–H and O–H groups in total. The zero-order valence-electron chi connectivity index (χ0n) is 8.47. The Morgan fingerprint density at radius 3 is 2.80 bits per heavy atom. The molecule has 15 heavy (non-hydrogen) atoms. The molecule has 1 atom stereocenters. The molecule has 1 rings (SSSR count). The number of carbonyl (C=O) groups excluding carboxylic acids is 1. The Kier molecular flexibility index (Phi) is 4.75. The van der Waals surface area contributed by atoms with Crippen LogP contribution in [0.15, 0.2) is 24.3 Å². The van der Waals surface area contributed by atoms with Crippen LogP contribution in [0, 0.1) is 5.82 Å². The number of hydrogen-bond donors (Lipinski definition) is 1. The van der Waals surface area contributed by atoms with E-state index in [0.29, 0.717) is 18.5 Å². The number of alkyl halides is 1. The highest BCUT2D eigenvalue weighted by Crippen LogP contribution is 2.13. The normalized spacial score (nSPS) is 12.2. The number of benzene rings is 1. The molecule has 0 spiro atoms. The summed E-state index contributed by atoms with van der Waals surface area (Å²) in [4.78, 5) is 11.0. The van der Waals surface area contributed by atoms with Crippen LogP contribution in [0.5, 0.6) is 0 Å². The van der Waals surface area contributed by atoms with E-state index in [2.05, 4.69) is 21.2 Å². The Morgan fingerprint density at radius 1 is 1.53 bits per heavy atom. The molecule has 1 aromatic rings. The van der Waals surface area contributed by atoms with E-state index in [4.69, 9.17) is 0 Å². The molecular weight excluding hydrogens is 261 g/mol. The van der Waals surface area contributed by atoms with E-state index in [0.717, 1.165) is 0 Å². The SMILES string of the molecule is CCNC(=O)C(Br)Cc1ccccc1F. The molecule has 0 aliphatic heterocycles. The van der Waals surface area contributed by atoms with E-state index < -0.39 is 0 Å². The second-order valence-corrected chi connectivity index (χ2v) is 4.26. The van der Waals surface area contributed by atoms with Gasteiger partial charge in [0.15, 0.2) is 0 Å². The van der Waals surface area contributed by atoms with Gasteiger partial charge >= 0.3 is 0 Å². The van der Waals surface area contributed by atoms with Crippen molar-refractivity contribution in [2.75, 3.05) is 6.54 Å². The van der Waals surface area contributed by atoms with Gasteiger partial charge in [-0.25, -0.2) is 4.39 Å². The smallest absolute Gasteiger partial charge is 0.234 e. The average molecular weight is 274 g/mol. The summed E-state index contributed by atoms with van der Waals surface area (Å²) in [7, 11) is 0. The molecular formula is C11H13BrFNO. The highest BCUT2D eigenvalue weighted by Gasteiger charge is 2.15. The van der Waals surface area contributed by atoms with Crippen molar-refractivity contribution in [1.29, 1.82) is 0 Å². The molecule has 0 saturated heterocycles. The van der Waals surface area contributed by atoms with Gasteiger partial charge in [-0.15, -0.1) is 0 Å². The summed E-state index contributed by atoms with van der Waals surface area (Å²) >= 11 is 3.24. The largest absolute Gasteiger partial charge is 0.355 e. The predicted octanol–water partition coefficient (Wildman–Crippen LogP) is 2.27. The lowest BCUT2D eigenvalue weighted by molar-refractivity contribution is -0.120. The molecule has 0 aliphatic carbocycles. The first-order chi connectivity index (χ1) is 7.15. The molecule has 1 amide bonds. The van der Waals surface area contributed by atoms with Crippen molar-refractivity contribution in [3.05, 3.63) is 35.6 Å². The molecule has 0 saturated carbocycles. The Hall–Kier alpha value is -0.900. The maximum atomic E-state index is 13.2. The minimum atomic E-state index is -0.380. The third-order valence-electron chi connectivity index (χ3n) is 1.99. The zero-order valence-corrected chi connectivity index (χ0v) is 10.1. The van der Waals surface area contributed by atoms with E-state index in [1.165, 1.54) is 6.07 Å². The van der Waals surface area contributed by atoms with Gasteiger partial charge in [-0.2, -0.15) is 0 Å². The van der Waals surface area contributed by atoms with Gasteiger partial charge in [0.1, 0.15) is 5.82 Å². The predicted molar refractivity (Wildman–Crippen MR) is 61.5 cm³/mol. The lowest BCUT2D eigenvalue weighted by atomic mass is 10.1. The van der Waals surface area contributed by atoms with Gasteiger partial charge < -0.3 is 5.32 Å². The Balaban J connectivity index is 2.62. The fourth-order valence-corrected chi connectivity index (χ4v) is 1.75. The van der Waals surface area contributed by atoms with E-state index in [1.807, 2.05) is 6.92 Å². The van der Waals surface area contributed by atoms with Crippen LogP contribution in [0.2, 0.25) is 0 Å². The molecule has 0 bridgehead atoms. The maximum absolute atomic E-state index is 13.2. The standard InChI is InChI=1S/C11H13BrFNO/c1-2-14-11(15)9(12)7-8-5-3-4-6-10(8)13/h3-6,9H,2,7H2,1H3,(H,14,15). The van der Waals surface area contributed by atoms with Gasteiger partial charge in [-0.05, 0) is 25.0 Å². The topological polar surface area (TPSA) is 29.1 Å². The van der Waals surface area contributed by atoms with Crippen LogP contribution in [0.3, 0.4) is 0 Å². The number of amides is 1. The van der Waals surface area contributed by atoms with E-state index in [-0.39, 0.29) is 16.6 Å². The molecule has 82 valence electrons. The lowest BCUT2D eigenvalue weighted by Crippen LogP contribution is -2.32. The summed E-state index contributed by atoms with van der Waals surface area (Å²) in [6.45, 7) is 2.43. The summed E-state index contributed by atoms with van der Waals surface area (Å²) in [6, 6.07) is 6.47. The van der Waals surface area contributed by atoms with Crippen LogP contribution in [0.25, 0.3) is 0 Å². The molecule has 0 heterocycles. The summed E-state index contributed by atoms with van der Waals surface area (Å²) in [5.41, 5.74) is 0.547. The molecule has 0 aliphatic rings. The van der Waals surface area contributed by atoms with Crippen LogP contribution in [-0.4, -0.2) is 17.3 Å². The lowest BCUT2D eigenvalue weighted by Gasteiger charge is -2.09. The number of halogens is 2. The summed E-state index contributed by atoms with van der Waals surface area (Å²) < 4.78 is 13.2. The van der Waals surface area contributed by atoms with Crippen LogP contribution in [0.4, 0.5) is 4.39 Å². The van der Waals surface area contributed by atoms with Gasteiger partial charge in [-0.3, -0.25) is 4.79 Å². The molecule has 0 radical (unpaired) electrons. The van der Waals surface area contributed by atoms with Crippen molar-refractivity contribution in [3.8, 4) is 0 Å². The maximum Gasteiger partial charge on any atom is 0.234 e. The average Bonchev–Trinajstić information content (AvgIpc) is 2.21. The Morgan fingerprint density at radius 2 is 2.20 bits per heavy atom. The van der Waals surface area contributed by atoms with Crippen molar-refractivity contribution in [1.82, 2.24) is 5.32 Å². The summed E-state index contributed by atoms with van der Waals surface area (Å²) in [5.74, 6) is -0.382. The highest BCUT2D eigenvalue weighted by molar-refractivity contribution is 9.10. The molecule has 0 aromatic heterocycles. The number of nitrogens with one attached hydrogen (secondary N) is 1. The fourth-order valence-electron chi connectivity index (χ4n) is 1.23. The van der Waals surface area contributed by atoms with Crippen molar-refractivity contribution < 1.29 is 9.18 Å². The molecule has 1 aromatic carbocycles. The molecule has 2 nitrogen and oxygen atoms in total. The number of carbonyl (C=O) groups is 1. The van der Waals surface area contributed by atoms with Gasteiger partial charge in [0.25, 0.3) is 0 Å². The van der Waals surface area contributed by atoms with Crippen molar-refractivity contribution >= 4 is 21.8 Å². The minimum absolute atomic E-state index is 0.110. The molecule has 4 heteroatoms. The first-order valence-corrected chi connectivity index (χ1v) is 5.72. The number of rotatable bonds is 4. The summed E-state index contributed by atoms with van der Waals surface area (Å²) in [5, 5.41) is 2.68. The fraction of sp³-hybridized carbons (Fsp3) is 0.364. The van der Waals surface area contributed by atoms with Crippen LogP contribution >= 0.6 is 15.9 Å². The van der Waals surface area contributed by atoms with Crippen molar-refractivity contribution in [3.63, 3.8) is 0 Å². The summed E-state index contributed by atoms with van der Waals surface area (Å²) in [6.07, 6.45) is 0.360.